The Labute approximate surface area is 143 Å². The fourth-order valence-electron chi connectivity index (χ4n) is 3.42. The summed E-state index contributed by atoms with van der Waals surface area (Å²) in [5, 5.41) is 2.67. The van der Waals surface area contributed by atoms with Crippen LogP contribution in [0.15, 0.2) is 12.1 Å². The number of aromatic nitrogens is 1. The molecule has 0 bridgehead atoms. The minimum atomic E-state index is -3.06. The molecule has 0 radical (unpaired) electrons. The number of sulfone groups is 1. The minimum absolute atomic E-state index is 0.0905. The molecule has 24 heavy (non-hydrogen) atoms. The first-order valence-corrected chi connectivity index (χ1v) is 10.5. The molecule has 0 saturated heterocycles. The zero-order valence-electron chi connectivity index (χ0n) is 14.0. The van der Waals surface area contributed by atoms with Gasteiger partial charge in [0.25, 0.3) is 5.91 Å². The van der Waals surface area contributed by atoms with Crippen molar-refractivity contribution in [1.82, 2.24) is 10.3 Å². The highest BCUT2D eigenvalue weighted by Gasteiger charge is 2.32. The number of nitrogens with one attached hydrogen (secondary N) is 1. The molecule has 132 valence electrons. The molecular weight excluding hydrogens is 326 g/mol. The molecule has 6 nitrogen and oxygen atoms in total. The topological polar surface area (TPSA) is 102 Å². The Morgan fingerprint density at radius 3 is 2.67 bits per heavy atom. The van der Waals surface area contributed by atoms with Crippen LogP contribution in [0.2, 0.25) is 0 Å². The summed E-state index contributed by atoms with van der Waals surface area (Å²) in [6.07, 6.45) is 6.22. The van der Waals surface area contributed by atoms with Crippen LogP contribution in [-0.4, -0.2) is 36.9 Å². The SMILES string of the molecule is CS(=O)(=O)C1CCCC(NC(=O)c2ccc(CN)nc2C2CC2)C1. The predicted molar refractivity (Wildman–Crippen MR) is 92.5 cm³/mol. The molecule has 3 rings (SSSR count). The molecule has 2 unspecified atom stereocenters. The van der Waals surface area contributed by atoms with E-state index in [9.17, 15) is 13.2 Å². The van der Waals surface area contributed by atoms with E-state index < -0.39 is 9.84 Å². The average molecular weight is 351 g/mol. The van der Waals surface area contributed by atoms with E-state index in [2.05, 4.69) is 10.3 Å². The van der Waals surface area contributed by atoms with Gasteiger partial charge in [0.05, 0.1) is 22.2 Å². The molecule has 0 spiro atoms. The Morgan fingerprint density at radius 1 is 1.29 bits per heavy atom. The lowest BCUT2D eigenvalue weighted by atomic mass is 9.94. The third-order valence-corrected chi connectivity index (χ3v) is 6.61. The molecule has 0 aromatic carbocycles. The number of hydrogen-bond donors (Lipinski definition) is 2. The number of nitrogens with two attached hydrogens (primary N) is 1. The summed E-state index contributed by atoms with van der Waals surface area (Å²) in [7, 11) is -3.06. The molecule has 7 heteroatoms. The van der Waals surface area contributed by atoms with E-state index >= 15 is 0 Å². The molecule has 0 aliphatic heterocycles. The van der Waals surface area contributed by atoms with Crippen LogP contribution in [0.25, 0.3) is 0 Å². The third-order valence-electron chi connectivity index (χ3n) is 4.97. The second-order valence-corrected chi connectivity index (χ2v) is 9.33. The zero-order chi connectivity index (χ0) is 17.3. The van der Waals surface area contributed by atoms with Crippen molar-refractivity contribution < 1.29 is 13.2 Å². The quantitative estimate of drug-likeness (QED) is 0.837. The summed E-state index contributed by atoms with van der Waals surface area (Å²) in [4.78, 5) is 17.2. The first-order valence-electron chi connectivity index (χ1n) is 8.58. The zero-order valence-corrected chi connectivity index (χ0v) is 14.8. The van der Waals surface area contributed by atoms with Gasteiger partial charge in [0.15, 0.2) is 0 Å². The molecule has 2 saturated carbocycles. The Bertz CT molecular complexity index is 729. The van der Waals surface area contributed by atoms with Gasteiger partial charge in [-0.05, 0) is 44.2 Å². The van der Waals surface area contributed by atoms with Gasteiger partial charge < -0.3 is 11.1 Å². The third kappa shape index (κ3) is 3.95. The molecular formula is C17H25N3O3S. The molecule has 2 aliphatic carbocycles. The van der Waals surface area contributed by atoms with Crippen LogP contribution >= 0.6 is 0 Å². The number of pyridine rings is 1. The van der Waals surface area contributed by atoms with Gasteiger partial charge in [-0.15, -0.1) is 0 Å². The van der Waals surface area contributed by atoms with Crippen molar-refractivity contribution in [3.8, 4) is 0 Å². The van der Waals surface area contributed by atoms with E-state index in [1.807, 2.05) is 0 Å². The Kier molecular flexibility index (Phi) is 4.92. The number of carbonyl (C=O) groups is 1. The standard InChI is InChI=1S/C17H25N3O3S/c1-24(22,23)14-4-2-3-12(9-14)20-17(21)15-8-7-13(10-18)19-16(15)11-5-6-11/h7-8,11-12,14H,2-6,9-10,18H2,1H3,(H,20,21). The van der Waals surface area contributed by atoms with Gasteiger partial charge in [0.1, 0.15) is 9.84 Å². The van der Waals surface area contributed by atoms with E-state index in [1.165, 1.54) is 6.26 Å². The summed E-state index contributed by atoms with van der Waals surface area (Å²) in [6, 6.07) is 3.50. The maximum atomic E-state index is 12.7. The molecule has 2 fully saturated rings. The van der Waals surface area contributed by atoms with Crippen molar-refractivity contribution in [2.45, 2.75) is 62.3 Å². The van der Waals surface area contributed by atoms with Crippen LogP contribution in [0, 0.1) is 0 Å². The highest BCUT2D eigenvalue weighted by Crippen LogP contribution is 2.40. The summed E-state index contributed by atoms with van der Waals surface area (Å²) < 4.78 is 23.6. The number of nitrogens with zero attached hydrogens (tertiary/aromatic N) is 1. The second kappa shape index (κ2) is 6.80. The van der Waals surface area contributed by atoms with Crippen LogP contribution in [0.5, 0.6) is 0 Å². The fourth-order valence-corrected chi connectivity index (χ4v) is 4.60. The van der Waals surface area contributed by atoms with Crippen molar-refractivity contribution in [3.05, 3.63) is 29.1 Å². The molecule has 1 heterocycles. The van der Waals surface area contributed by atoms with Gasteiger partial charge in [-0.25, -0.2) is 8.42 Å². The minimum Gasteiger partial charge on any atom is -0.349 e. The lowest BCUT2D eigenvalue weighted by molar-refractivity contribution is 0.0926. The summed E-state index contributed by atoms with van der Waals surface area (Å²) in [5.41, 5.74) is 7.89. The Hall–Kier alpha value is -1.47. The Balaban J connectivity index is 1.73. The van der Waals surface area contributed by atoms with Gasteiger partial charge in [0, 0.05) is 24.8 Å². The average Bonchev–Trinajstić information content (AvgIpc) is 3.38. The number of carbonyl (C=O) groups excluding carboxylic acids is 1. The fraction of sp³-hybridized carbons (Fsp3) is 0.647. The van der Waals surface area contributed by atoms with E-state index in [4.69, 9.17) is 5.73 Å². The van der Waals surface area contributed by atoms with E-state index in [1.54, 1.807) is 12.1 Å². The van der Waals surface area contributed by atoms with Crippen molar-refractivity contribution >= 4 is 15.7 Å². The summed E-state index contributed by atoms with van der Waals surface area (Å²) >= 11 is 0. The van der Waals surface area contributed by atoms with Crippen LogP contribution < -0.4 is 11.1 Å². The Morgan fingerprint density at radius 2 is 2.04 bits per heavy atom. The smallest absolute Gasteiger partial charge is 0.253 e. The molecule has 1 aromatic heterocycles. The monoisotopic (exact) mass is 351 g/mol. The van der Waals surface area contributed by atoms with Crippen LogP contribution in [0.3, 0.4) is 0 Å². The largest absolute Gasteiger partial charge is 0.349 e. The lowest BCUT2D eigenvalue weighted by Crippen LogP contribution is -2.42. The molecule has 2 aliphatic rings. The number of hydrogen-bond acceptors (Lipinski definition) is 5. The summed E-state index contributed by atoms with van der Waals surface area (Å²) in [6.45, 7) is 0.361. The molecule has 3 N–H and O–H groups in total. The van der Waals surface area contributed by atoms with Crippen LogP contribution in [0.4, 0.5) is 0 Å². The first kappa shape index (κ1) is 17.4. The van der Waals surface area contributed by atoms with E-state index in [0.29, 0.717) is 30.9 Å². The second-order valence-electron chi connectivity index (χ2n) is 7.00. The van der Waals surface area contributed by atoms with E-state index in [-0.39, 0.29) is 17.2 Å². The number of amides is 1. The number of rotatable bonds is 5. The molecule has 2 atom stereocenters. The maximum Gasteiger partial charge on any atom is 0.253 e. The highest BCUT2D eigenvalue weighted by molar-refractivity contribution is 7.91. The normalized spacial score (nSPS) is 24.6. The van der Waals surface area contributed by atoms with Crippen molar-refractivity contribution in [3.63, 3.8) is 0 Å². The maximum absolute atomic E-state index is 12.7. The first-order chi connectivity index (χ1) is 11.4. The van der Waals surface area contributed by atoms with E-state index in [0.717, 1.165) is 37.1 Å². The van der Waals surface area contributed by atoms with Crippen LogP contribution in [0.1, 0.15) is 66.2 Å². The van der Waals surface area contributed by atoms with Gasteiger partial charge in [0.2, 0.25) is 0 Å². The van der Waals surface area contributed by atoms with Gasteiger partial charge in [-0.1, -0.05) is 6.42 Å². The highest BCUT2D eigenvalue weighted by atomic mass is 32.2. The molecule has 1 amide bonds. The van der Waals surface area contributed by atoms with Gasteiger partial charge >= 0.3 is 0 Å². The van der Waals surface area contributed by atoms with Crippen molar-refractivity contribution in [2.75, 3.05) is 6.26 Å². The lowest BCUT2D eigenvalue weighted by Gasteiger charge is -2.28. The molecule has 1 aromatic rings. The summed E-state index contributed by atoms with van der Waals surface area (Å²) in [5.74, 6) is 0.208. The van der Waals surface area contributed by atoms with Gasteiger partial charge in [-0.3, -0.25) is 9.78 Å². The predicted octanol–water partition coefficient (Wildman–Crippen LogP) is 1.50. The van der Waals surface area contributed by atoms with Crippen molar-refractivity contribution in [2.24, 2.45) is 5.73 Å². The van der Waals surface area contributed by atoms with Crippen LogP contribution in [-0.2, 0) is 16.4 Å². The van der Waals surface area contributed by atoms with Gasteiger partial charge in [-0.2, -0.15) is 0 Å². The van der Waals surface area contributed by atoms with Crippen molar-refractivity contribution in [1.29, 1.82) is 0 Å².